The maximum absolute atomic E-state index is 10.9. The molecule has 0 spiro atoms. The van der Waals surface area contributed by atoms with E-state index in [-0.39, 0.29) is 5.91 Å². The molecule has 0 unspecified atom stereocenters. The highest BCUT2D eigenvalue weighted by atomic mass is 16.5. The molecule has 0 saturated carbocycles. The lowest BCUT2D eigenvalue weighted by molar-refractivity contribution is -0.116. The second-order valence-electron chi connectivity index (χ2n) is 2.17. The molecule has 0 aliphatic rings. The van der Waals surface area contributed by atoms with Gasteiger partial charge in [0.05, 0.1) is 6.20 Å². The van der Waals surface area contributed by atoms with Gasteiger partial charge in [-0.15, -0.1) is 0 Å². The van der Waals surface area contributed by atoms with Gasteiger partial charge >= 0.3 is 0 Å². The molecule has 0 bridgehead atoms. The van der Waals surface area contributed by atoms with Crippen molar-refractivity contribution in [2.24, 2.45) is 0 Å². The number of carbonyl (C=O) groups excluding carboxylic acids is 1. The molecule has 0 aromatic carbocycles. The first-order chi connectivity index (χ1) is 5.33. The van der Waals surface area contributed by atoms with Crippen molar-refractivity contribution >= 4 is 11.8 Å². The summed E-state index contributed by atoms with van der Waals surface area (Å²) in [7, 11) is 0. The van der Waals surface area contributed by atoms with Crippen LogP contribution in [-0.4, -0.2) is 11.1 Å². The molecule has 4 heteroatoms. The molecule has 1 heterocycles. The summed E-state index contributed by atoms with van der Waals surface area (Å²) in [6, 6.07) is 1.60. The Kier molecular flexibility index (Phi) is 2.66. The highest BCUT2D eigenvalue weighted by Gasteiger charge is 2.01. The lowest BCUT2D eigenvalue weighted by Gasteiger charge is -1.96. The fourth-order valence-electron chi connectivity index (χ4n) is 0.707. The second-order valence-corrected chi connectivity index (χ2v) is 2.17. The van der Waals surface area contributed by atoms with Crippen LogP contribution in [0.5, 0.6) is 0 Å². The van der Waals surface area contributed by atoms with Crippen LogP contribution in [0, 0.1) is 0 Å². The molecule has 1 aromatic rings. The first-order valence-electron chi connectivity index (χ1n) is 3.53. The zero-order valence-corrected chi connectivity index (χ0v) is 6.33. The summed E-state index contributed by atoms with van der Waals surface area (Å²) >= 11 is 0. The van der Waals surface area contributed by atoms with Crippen LogP contribution in [0.1, 0.15) is 19.8 Å². The fourth-order valence-corrected chi connectivity index (χ4v) is 0.707. The molecular formula is C7H10N2O2. The summed E-state index contributed by atoms with van der Waals surface area (Å²) < 4.78 is 4.67. The fraction of sp³-hybridized carbons (Fsp3) is 0.429. The molecule has 0 aliphatic heterocycles. The lowest BCUT2D eigenvalue weighted by atomic mass is 10.3. The predicted octanol–water partition coefficient (Wildman–Crippen LogP) is 1.41. The number of anilines is 1. The molecule has 11 heavy (non-hydrogen) atoms. The van der Waals surface area contributed by atoms with Gasteiger partial charge < -0.3 is 4.52 Å². The van der Waals surface area contributed by atoms with Crippen LogP contribution in [-0.2, 0) is 4.79 Å². The average Bonchev–Trinajstić information content (AvgIpc) is 2.40. The van der Waals surface area contributed by atoms with E-state index in [9.17, 15) is 4.79 Å². The number of carbonyl (C=O) groups is 1. The van der Waals surface area contributed by atoms with E-state index < -0.39 is 0 Å². The van der Waals surface area contributed by atoms with Gasteiger partial charge in [0.2, 0.25) is 11.8 Å². The third kappa shape index (κ3) is 2.41. The Morgan fingerprint density at radius 1 is 1.82 bits per heavy atom. The number of nitrogens with one attached hydrogen (secondary N) is 1. The van der Waals surface area contributed by atoms with Crippen molar-refractivity contribution in [3.05, 3.63) is 12.3 Å². The van der Waals surface area contributed by atoms with Gasteiger partial charge in [-0.25, -0.2) is 0 Å². The Morgan fingerprint density at radius 2 is 2.64 bits per heavy atom. The van der Waals surface area contributed by atoms with E-state index in [1.54, 1.807) is 6.07 Å². The van der Waals surface area contributed by atoms with Gasteiger partial charge in [-0.1, -0.05) is 12.1 Å². The van der Waals surface area contributed by atoms with Crippen LogP contribution in [0.3, 0.4) is 0 Å². The molecule has 0 radical (unpaired) electrons. The van der Waals surface area contributed by atoms with Crippen LogP contribution < -0.4 is 5.32 Å². The zero-order chi connectivity index (χ0) is 8.10. The van der Waals surface area contributed by atoms with Crippen molar-refractivity contribution in [3.63, 3.8) is 0 Å². The van der Waals surface area contributed by atoms with Crippen LogP contribution in [0.15, 0.2) is 16.8 Å². The molecule has 1 N–H and O–H groups in total. The molecular weight excluding hydrogens is 144 g/mol. The zero-order valence-electron chi connectivity index (χ0n) is 6.33. The number of aromatic nitrogens is 1. The number of hydrogen-bond donors (Lipinski definition) is 1. The van der Waals surface area contributed by atoms with E-state index in [1.807, 2.05) is 6.92 Å². The van der Waals surface area contributed by atoms with Gasteiger partial charge in [0.25, 0.3) is 0 Å². The molecule has 1 rings (SSSR count). The monoisotopic (exact) mass is 154 g/mol. The van der Waals surface area contributed by atoms with Gasteiger partial charge in [-0.3, -0.25) is 10.1 Å². The minimum atomic E-state index is -0.0377. The lowest BCUT2D eigenvalue weighted by Crippen LogP contribution is -2.09. The molecule has 60 valence electrons. The highest BCUT2D eigenvalue weighted by molar-refractivity contribution is 5.89. The van der Waals surface area contributed by atoms with E-state index >= 15 is 0 Å². The maximum atomic E-state index is 10.9. The van der Waals surface area contributed by atoms with E-state index in [1.165, 1.54) is 6.20 Å². The summed E-state index contributed by atoms with van der Waals surface area (Å²) in [5.41, 5.74) is 0. The molecule has 0 atom stereocenters. The Labute approximate surface area is 64.6 Å². The van der Waals surface area contributed by atoms with Gasteiger partial charge in [-0.05, 0) is 6.42 Å². The normalized spacial score (nSPS) is 9.55. The van der Waals surface area contributed by atoms with Crippen molar-refractivity contribution in [3.8, 4) is 0 Å². The van der Waals surface area contributed by atoms with Crippen LogP contribution in [0.2, 0.25) is 0 Å². The van der Waals surface area contributed by atoms with E-state index in [4.69, 9.17) is 0 Å². The smallest absolute Gasteiger partial charge is 0.231 e. The SMILES string of the molecule is CCCC(=O)Nc1ccno1. The summed E-state index contributed by atoms with van der Waals surface area (Å²) in [6.45, 7) is 1.94. The predicted molar refractivity (Wildman–Crippen MR) is 40.0 cm³/mol. The highest BCUT2D eigenvalue weighted by Crippen LogP contribution is 2.04. The minimum Gasteiger partial charge on any atom is -0.338 e. The van der Waals surface area contributed by atoms with Crippen LogP contribution in [0.4, 0.5) is 5.88 Å². The van der Waals surface area contributed by atoms with Crippen molar-refractivity contribution in [1.82, 2.24) is 5.16 Å². The largest absolute Gasteiger partial charge is 0.338 e. The van der Waals surface area contributed by atoms with E-state index in [0.29, 0.717) is 12.3 Å². The van der Waals surface area contributed by atoms with E-state index in [0.717, 1.165) is 6.42 Å². The van der Waals surface area contributed by atoms with Crippen molar-refractivity contribution in [2.45, 2.75) is 19.8 Å². The molecule has 0 saturated heterocycles. The summed E-state index contributed by atoms with van der Waals surface area (Å²) in [6.07, 6.45) is 2.84. The number of rotatable bonds is 3. The van der Waals surface area contributed by atoms with Crippen molar-refractivity contribution in [1.29, 1.82) is 0 Å². The van der Waals surface area contributed by atoms with Crippen molar-refractivity contribution in [2.75, 3.05) is 5.32 Å². The standard InChI is InChI=1S/C7H10N2O2/c1-2-3-6(10)9-7-4-5-8-11-7/h4-5H,2-3H2,1H3,(H,9,10). The maximum Gasteiger partial charge on any atom is 0.231 e. The Hall–Kier alpha value is -1.32. The summed E-state index contributed by atoms with van der Waals surface area (Å²) in [4.78, 5) is 10.9. The van der Waals surface area contributed by atoms with Gasteiger partial charge in [0, 0.05) is 12.5 Å². The number of amides is 1. The second kappa shape index (κ2) is 3.75. The molecule has 1 amide bonds. The van der Waals surface area contributed by atoms with Gasteiger partial charge in [0.1, 0.15) is 0 Å². The minimum absolute atomic E-state index is 0.0377. The summed E-state index contributed by atoms with van der Waals surface area (Å²) in [5.74, 6) is 0.368. The molecule has 1 aromatic heterocycles. The molecule has 0 aliphatic carbocycles. The van der Waals surface area contributed by atoms with Crippen molar-refractivity contribution < 1.29 is 9.32 Å². The van der Waals surface area contributed by atoms with E-state index in [2.05, 4.69) is 15.0 Å². The molecule has 4 nitrogen and oxygen atoms in total. The quantitative estimate of drug-likeness (QED) is 0.716. The first kappa shape index (κ1) is 7.78. The Balaban J connectivity index is 2.37. The topological polar surface area (TPSA) is 55.1 Å². The summed E-state index contributed by atoms with van der Waals surface area (Å²) in [5, 5.41) is 6.00. The third-order valence-corrected chi connectivity index (χ3v) is 1.18. The Bertz CT molecular complexity index is 218. The van der Waals surface area contributed by atoms with Crippen LogP contribution in [0.25, 0.3) is 0 Å². The van der Waals surface area contributed by atoms with Crippen LogP contribution >= 0.6 is 0 Å². The number of nitrogens with zero attached hydrogens (tertiary/aromatic N) is 1. The third-order valence-electron chi connectivity index (χ3n) is 1.18. The Morgan fingerprint density at radius 3 is 3.18 bits per heavy atom. The first-order valence-corrected chi connectivity index (χ1v) is 3.53. The van der Waals surface area contributed by atoms with Gasteiger partial charge in [0.15, 0.2) is 0 Å². The number of hydrogen-bond acceptors (Lipinski definition) is 3. The van der Waals surface area contributed by atoms with Gasteiger partial charge in [-0.2, -0.15) is 0 Å². The average molecular weight is 154 g/mol. The molecule has 0 fully saturated rings.